The van der Waals surface area contributed by atoms with Crippen molar-refractivity contribution in [3.8, 4) is 11.5 Å². The lowest BCUT2D eigenvalue weighted by Gasteiger charge is -2.32. The van der Waals surface area contributed by atoms with Crippen LogP contribution < -0.4 is 9.47 Å². The van der Waals surface area contributed by atoms with Crippen LogP contribution in [0, 0.1) is 0 Å². The molecular weight excluding hydrogens is 336 g/mol. The normalized spacial score (nSPS) is 16.6. The Labute approximate surface area is 165 Å². The molecule has 1 atom stereocenters. The maximum atomic E-state index is 11.8. The molecule has 152 valence electrons. The molecule has 1 aliphatic rings. The second kappa shape index (κ2) is 10.1. The van der Waals surface area contributed by atoms with Gasteiger partial charge in [0.05, 0.1) is 6.61 Å². The number of hydrogen-bond acceptors (Lipinski definition) is 3. The van der Waals surface area contributed by atoms with Crippen LogP contribution in [0.3, 0.4) is 0 Å². The van der Waals surface area contributed by atoms with Gasteiger partial charge < -0.3 is 9.47 Å². The van der Waals surface area contributed by atoms with E-state index in [9.17, 15) is 4.79 Å². The van der Waals surface area contributed by atoms with E-state index in [1.807, 2.05) is 0 Å². The molecule has 0 N–H and O–H groups in total. The summed E-state index contributed by atoms with van der Waals surface area (Å²) in [4.78, 5) is 11.8. The van der Waals surface area contributed by atoms with E-state index in [-0.39, 0.29) is 11.4 Å². The number of hydrogen-bond donors (Lipinski definition) is 0. The minimum atomic E-state index is -0.255. The standard InChI is InChI=1S/C24H38O3/c1-6-8-10-11-14-24(4,5)20-16-21-23(22(17-20)27-18(3)25)19(12-9-7-2)13-15-26-21/h16-17,19H,6-15H2,1-5H3. The highest BCUT2D eigenvalue weighted by molar-refractivity contribution is 5.71. The van der Waals surface area contributed by atoms with Crippen LogP contribution >= 0.6 is 0 Å². The van der Waals surface area contributed by atoms with Gasteiger partial charge in [0.1, 0.15) is 11.5 Å². The van der Waals surface area contributed by atoms with Crippen LogP contribution in [0.15, 0.2) is 12.1 Å². The highest BCUT2D eigenvalue weighted by Gasteiger charge is 2.30. The molecule has 27 heavy (non-hydrogen) atoms. The fourth-order valence-corrected chi connectivity index (χ4v) is 4.09. The van der Waals surface area contributed by atoms with E-state index in [4.69, 9.17) is 9.47 Å². The lowest BCUT2D eigenvalue weighted by molar-refractivity contribution is -0.131. The van der Waals surface area contributed by atoms with Gasteiger partial charge >= 0.3 is 5.97 Å². The molecule has 1 aromatic carbocycles. The molecule has 1 heterocycles. The molecule has 0 saturated carbocycles. The molecule has 1 aromatic rings. The molecule has 0 amide bonds. The summed E-state index contributed by atoms with van der Waals surface area (Å²) in [6.45, 7) is 11.3. The fraction of sp³-hybridized carbons (Fsp3) is 0.708. The van der Waals surface area contributed by atoms with Crippen molar-refractivity contribution in [3.63, 3.8) is 0 Å². The molecule has 0 fully saturated rings. The smallest absolute Gasteiger partial charge is 0.308 e. The monoisotopic (exact) mass is 374 g/mol. The summed E-state index contributed by atoms with van der Waals surface area (Å²) in [6.07, 6.45) is 10.7. The van der Waals surface area contributed by atoms with E-state index in [0.717, 1.165) is 42.9 Å². The van der Waals surface area contributed by atoms with Gasteiger partial charge in [-0.1, -0.05) is 66.2 Å². The summed E-state index contributed by atoms with van der Waals surface area (Å²) in [5, 5.41) is 0. The third kappa shape index (κ3) is 5.99. The van der Waals surface area contributed by atoms with Gasteiger partial charge in [-0.3, -0.25) is 4.79 Å². The quantitative estimate of drug-likeness (QED) is 0.253. The van der Waals surface area contributed by atoms with E-state index in [2.05, 4.69) is 39.8 Å². The Morgan fingerprint density at radius 2 is 1.89 bits per heavy atom. The largest absolute Gasteiger partial charge is 0.493 e. The van der Waals surface area contributed by atoms with Crippen LogP contribution in [0.5, 0.6) is 11.5 Å². The SMILES string of the molecule is CCCCCCC(C)(C)c1cc2c(c(OC(C)=O)c1)C(CCCC)CCO2. The number of rotatable bonds is 10. The number of ether oxygens (including phenoxy) is 2. The zero-order valence-corrected chi connectivity index (χ0v) is 18.0. The first kappa shape index (κ1) is 21.8. The van der Waals surface area contributed by atoms with Gasteiger partial charge in [0.25, 0.3) is 0 Å². The lowest BCUT2D eigenvalue weighted by Crippen LogP contribution is -2.21. The maximum absolute atomic E-state index is 11.8. The minimum absolute atomic E-state index is 0.0391. The summed E-state index contributed by atoms with van der Waals surface area (Å²) in [7, 11) is 0. The average Bonchev–Trinajstić information content (AvgIpc) is 2.62. The first-order valence-corrected chi connectivity index (χ1v) is 10.9. The van der Waals surface area contributed by atoms with Crippen molar-refractivity contribution in [2.24, 2.45) is 0 Å². The van der Waals surface area contributed by atoms with E-state index in [1.165, 1.54) is 51.0 Å². The molecule has 2 rings (SSSR count). The predicted octanol–water partition coefficient (Wildman–Crippen LogP) is 6.92. The summed E-state index contributed by atoms with van der Waals surface area (Å²) >= 11 is 0. The number of carbonyl (C=O) groups excluding carboxylic acids is 1. The molecule has 0 aliphatic carbocycles. The van der Waals surface area contributed by atoms with Crippen LogP contribution in [0.2, 0.25) is 0 Å². The molecular formula is C24H38O3. The van der Waals surface area contributed by atoms with E-state index in [1.54, 1.807) is 0 Å². The van der Waals surface area contributed by atoms with Gasteiger partial charge in [-0.05, 0) is 48.3 Å². The summed E-state index contributed by atoms with van der Waals surface area (Å²) < 4.78 is 11.7. The molecule has 0 spiro atoms. The molecule has 3 heteroatoms. The van der Waals surface area contributed by atoms with Crippen molar-refractivity contribution in [2.75, 3.05) is 6.61 Å². The molecule has 0 bridgehead atoms. The van der Waals surface area contributed by atoms with Gasteiger partial charge in [-0.15, -0.1) is 0 Å². The van der Waals surface area contributed by atoms with E-state index < -0.39 is 0 Å². The molecule has 0 saturated heterocycles. The van der Waals surface area contributed by atoms with Crippen LogP contribution in [0.4, 0.5) is 0 Å². The van der Waals surface area contributed by atoms with Crippen molar-refractivity contribution in [2.45, 2.75) is 104 Å². The van der Waals surface area contributed by atoms with Crippen molar-refractivity contribution in [3.05, 3.63) is 23.3 Å². The fourth-order valence-electron chi connectivity index (χ4n) is 4.09. The summed E-state index contributed by atoms with van der Waals surface area (Å²) in [6, 6.07) is 4.31. The Hall–Kier alpha value is -1.51. The first-order chi connectivity index (χ1) is 12.9. The Morgan fingerprint density at radius 1 is 1.15 bits per heavy atom. The third-order valence-electron chi connectivity index (χ3n) is 5.83. The number of fused-ring (bicyclic) bond motifs is 1. The maximum Gasteiger partial charge on any atom is 0.308 e. The molecule has 0 aromatic heterocycles. The topological polar surface area (TPSA) is 35.5 Å². The second-order valence-electron chi connectivity index (χ2n) is 8.65. The molecule has 0 radical (unpaired) electrons. The number of carbonyl (C=O) groups is 1. The Morgan fingerprint density at radius 3 is 2.56 bits per heavy atom. The van der Waals surface area contributed by atoms with Crippen LogP contribution in [-0.4, -0.2) is 12.6 Å². The van der Waals surface area contributed by atoms with Crippen molar-refractivity contribution in [1.82, 2.24) is 0 Å². The minimum Gasteiger partial charge on any atom is -0.493 e. The van der Waals surface area contributed by atoms with Gasteiger partial charge in [-0.2, -0.15) is 0 Å². The van der Waals surface area contributed by atoms with Crippen molar-refractivity contribution >= 4 is 5.97 Å². The lowest BCUT2D eigenvalue weighted by atomic mass is 9.78. The Kier molecular flexibility index (Phi) is 8.19. The van der Waals surface area contributed by atoms with Gasteiger partial charge in [0, 0.05) is 12.5 Å². The van der Waals surface area contributed by atoms with Crippen LogP contribution in [0.25, 0.3) is 0 Å². The summed E-state index contributed by atoms with van der Waals surface area (Å²) in [5.74, 6) is 1.81. The van der Waals surface area contributed by atoms with Crippen molar-refractivity contribution in [1.29, 1.82) is 0 Å². The van der Waals surface area contributed by atoms with Gasteiger partial charge in [0.15, 0.2) is 0 Å². The average molecular weight is 375 g/mol. The van der Waals surface area contributed by atoms with Gasteiger partial charge in [-0.25, -0.2) is 0 Å². The van der Waals surface area contributed by atoms with Gasteiger partial charge in [0.2, 0.25) is 0 Å². The zero-order chi connectivity index (χ0) is 19.9. The van der Waals surface area contributed by atoms with Crippen LogP contribution in [-0.2, 0) is 10.2 Å². The number of unbranched alkanes of at least 4 members (excludes halogenated alkanes) is 4. The van der Waals surface area contributed by atoms with Crippen molar-refractivity contribution < 1.29 is 14.3 Å². The molecule has 1 unspecified atom stereocenters. The summed E-state index contributed by atoms with van der Waals surface area (Å²) in [5.41, 5.74) is 2.36. The third-order valence-corrected chi connectivity index (χ3v) is 5.83. The number of esters is 1. The van der Waals surface area contributed by atoms with E-state index in [0.29, 0.717) is 5.92 Å². The second-order valence-corrected chi connectivity index (χ2v) is 8.65. The Balaban J connectivity index is 2.33. The Bertz CT molecular complexity index is 618. The molecule has 3 nitrogen and oxygen atoms in total. The number of benzene rings is 1. The first-order valence-electron chi connectivity index (χ1n) is 10.9. The predicted molar refractivity (Wildman–Crippen MR) is 112 cm³/mol. The van der Waals surface area contributed by atoms with Crippen LogP contribution in [0.1, 0.15) is 109 Å². The zero-order valence-electron chi connectivity index (χ0n) is 18.0. The molecule has 1 aliphatic heterocycles. The highest BCUT2D eigenvalue weighted by atomic mass is 16.5. The highest BCUT2D eigenvalue weighted by Crippen LogP contribution is 2.46. The van der Waals surface area contributed by atoms with E-state index >= 15 is 0 Å².